The maximum Gasteiger partial charge on any atom is 0.140 e. The first-order chi connectivity index (χ1) is 31.9. The van der Waals surface area contributed by atoms with E-state index in [1.807, 2.05) is 78.9 Å². The van der Waals surface area contributed by atoms with Gasteiger partial charge in [0.05, 0.1) is 12.5 Å². The molecular weight excluding hydrogens is 793 g/mol. The number of aliphatic hydroxyl groups is 1. The van der Waals surface area contributed by atoms with E-state index in [1.165, 1.54) is 71.3 Å². The minimum absolute atomic E-state index is 0.601. The normalized spacial score (nSPS) is 15.2. The Morgan fingerprint density at radius 3 is 1.60 bits per heavy atom. The highest BCUT2D eigenvalue weighted by Crippen LogP contribution is 2.59. The van der Waals surface area contributed by atoms with Gasteiger partial charge in [-0.05, 0) is 161 Å². The molecule has 3 nitrogen and oxygen atoms in total. The van der Waals surface area contributed by atoms with Gasteiger partial charge in [0.1, 0.15) is 22.8 Å². The third-order valence-corrected chi connectivity index (χ3v) is 13.8. The van der Waals surface area contributed by atoms with Crippen LogP contribution in [0.2, 0.25) is 0 Å². The van der Waals surface area contributed by atoms with Crippen molar-refractivity contribution < 1.29 is 14.6 Å². The predicted molar refractivity (Wildman–Crippen MR) is 267 cm³/mol. The first-order valence-corrected chi connectivity index (χ1v) is 22.2. The van der Waals surface area contributed by atoms with Crippen LogP contribution in [0.5, 0.6) is 17.2 Å². The highest BCUT2D eigenvalue weighted by molar-refractivity contribution is 6.07. The molecule has 0 saturated heterocycles. The lowest BCUT2D eigenvalue weighted by molar-refractivity contribution is 0.125. The molecule has 0 aliphatic heterocycles. The van der Waals surface area contributed by atoms with Crippen LogP contribution in [0.3, 0.4) is 0 Å². The summed E-state index contributed by atoms with van der Waals surface area (Å²) in [5.41, 5.74) is 9.16. The largest absolute Gasteiger partial charge is 0.497 e. The number of aryl methyl sites for hydroxylation is 1. The summed E-state index contributed by atoms with van der Waals surface area (Å²) in [6.07, 6.45) is 0. The van der Waals surface area contributed by atoms with Gasteiger partial charge in [0, 0.05) is 0 Å². The van der Waals surface area contributed by atoms with Crippen LogP contribution in [0, 0.1) is 6.92 Å². The van der Waals surface area contributed by atoms with E-state index in [9.17, 15) is 5.11 Å². The van der Waals surface area contributed by atoms with Gasteiger partial charge < -0.3 is 14.6 Å². The average Bonchev–Trinajstić information content (AvgIpc) is 3.65. The van der Waals surface area contributed by atoms with Crippen LogP contribution < -0.4 is 9.47 Å². The Morgan fingerprint density at radius 2 is 0.908 bits per heavy atom. The molecule has 2 atom stereocenters. The Kier molecular flexibility index (Phi) is 8.98. The first-order valence-electron chi connectivity index (χ1n) is 22.2. The molecule has 2 unspecified atom stereocenters. The van der Waals surface area contributed by atoms with E-state index >= 15 is 0 Å². The van der Waals surface area contributed by atoms with Crippen LogP contribution in [-0.2, 0) is 11.0 Å². The van der Waals surface area contributed by atoms with Gasteiger partial charge in [-0.25, -0.2) is 0 Å². The van der Waals surface area contributed by atoms with Crippen LogP contribution in [0.4, 0.5) is 0 Å². The van der Waals surface area contributed by atoms with Crippen LogP contribution in [-0.4, -0.2) is 12.2 Å². The summed E-state index contributed by atoms with van der Waals surface area (Å²) in [4.78, 5) is 0. The zero-order chi connectivity index (χ0) is 43.7. The maximum absolute atomic E-state index is 12.5. The van der Waals surface area contributed by atoms with Gasteiger partial charge in [-0.2, -0.15) is 0 Å². The quantitative estimate of drug-likeness (QED) is 0.155. The summed E-state index contributed by atoms with van der Waals surface area (Å²) < 4.78 is 12.0. The van der Waals surface area contributed by atoms with Gasteiger partial charge in [0.15, 0.2) is 0 Å². The predicted octanol–water partition coefficient (Wildman–Crippen LogP) is 15.1. The molecule has 0 radical (unpaired) electrons. The van der Waals surface area contributed by atoms with E-state index in [0.717, 1.165) is 39.0 Å². The summed E-state index contributed by atoms with van der Waals surface area (Å²) in [7, 11) is 1.64. The maximum atomic E-state index is 12.5. The second-order valence-corrected chi connectivity index (χ2v) is 17.4. The van der Waals surface area contributed by atoms with Crippen molar-refractivity contribution >= 4 is 43.1 Å². The van der Waals surface area contributed by atoms with E-state index in [1.54, 1.807) is 7.11 Å². The second-order valence-electron chi connectivity index (χ2n) is 17.4. The molecule has 0 bridgehead atoms. The Hall–Kier alpha value is -7.98. The van der Waals surface area contributed by atoms with E-state index in [-0.39, 0.29) is 0 Å². The SMILES string of the molecule is COc1ccc(C(O)(c2ccccc2)c2ccc(Oc3ccc4cc(C5(c6ccc7cc(C)ccc7c6)c6cc7ccccc7cc6-c6c5ccc5ccccc65)ccc4c3)cc2)cc1. The second kappa shape index (κ2) is 15.1. The molecule has 0 saturated carbocycles. The van der Waals surface area contributed by atoms with Crippen molar-refractivity contribution in [3.8, 4) is 28.4 Å². The molecule has 0 aromatic heterocycles. The van der Waals surface area contributed by atoms with E-state index < -0.39 is 11.0 Å². The lowest BCUT2D eigenvalue weighted by atomic mass is 9.67. The first kappa shape index (κ1) is 38.7. The molecule has 3 heteroatoms. The molecule has 0 heterocycles. The smallest absolute Gasteiger partial charge is 0.140 e. The van der Waals surface area contributed by atoms with E-state index in [4.69, 9.17) is 9.47 Å². The minimum Gasteiger partial charge on any atom is -0.497 e. The zero-order valence-electron chi connectivity index (χ0n) is 36.1. The fraction of sp³-hybridized carbons (Fsp3) is 0.0645. The summed E-state index contributed by atoms with van der Waals surface area (Å²) in [6.45, 7) is 2.16. The van der Waals surface area contributed by atoms with E-state index in [2.05, 4.69) is 153 Å². The van der Waals surface area contributed by atoms with Crippen molar-refractivity contribution in [2.45, 2.75) is 17.9 Å². The number of fused-ring (bicyclic) bond motifs is 8. The van der Waals surface area contributed by atoms with Crippen molar-refractivity contribution in [2.24, 2.45) is 0 Å². The molecule has 0 fully saturated rings. The number of methoxy groups -OCH3 is 1. The summed E-state index contributed by atoms with van der Waals surface area (Å²) >= 11 is 0. The summed E-state index contributed by atoms with van der Waals surface area (Å²) in [5.74, 6) is 2.15. The van der Waals surface area contributed by atoms with Crippen molar-refractivity contribution in [1.29, 1.82) is 0 Å². The lowest BCUT2D eigenvalue weighted by Crippen LogP contribution is -2.28. The highest BCUT2D eigenvalue weighted by Gasteiger charge is 2.47. The molecule has 11 aromatic rings. The monoisotopic (exact) mass is 836 g/mol. The van der Waals surface area contributed by atoms with Crippen LogP contribution in [0.1, 0.15) is 44.5 Å². The van der Waals surface area contributed by atoms with Gasteiger partial charge in [0.2, 0.25) is 0 Å². The number of rotatable bonds is 8. The standard InChI is InChI=1S/C62H44O3/c1-40-16-17-45-35-51(22-18-44(45)34-40)61(58-33-21-41-10-8-9-15-56(41)60(58)57-38-42-11-6-7-12-43(42)39-59(57)61)52-23-19-47-37-55(28-20-46(47)36-52)65-54-31-26-50(27-32-54)62(63,48-13-4-3-5-14-48)49-24-29-53(64-2)30-25-49/h3-39,63H,1-2H3. The summed E-state index contributed by atoms with van der Waals surface area (Å²) in [6, 6.07) is 79.3. The number of hydrogen-bond donors (Lipinski definition) is 1. The Bertz CT molecular complexity index is 3630. The molecule has 1 aliphatic rings. The molecule has 65 heavy (non-hydrogen) atoms. The molecule has 310 valence electrons. The van der Waals surface area contributed by atoms with Crippen molar-refractivity contribution in [3.63, 3.8) is 0 Å². The third kappa shape index (κ3) is 6.15. The fourth-order valence-corrected chi connectivity index (χ4v) is 10.6. The van der Waals surface area contributed by atoms with Crippen molar-refractivity contribution in [2.75, 3.05) is 7.11 Å². The molecule has 0 amide bonds. The summed E-state index contributed by atoms with van der Waals surface area (Å²) in [5, 5.41) is 22.1. The Balaban J connectivity index is 0.973. The fourth-order valence-electron chi connectivity index (χ4n) is 10.6. The van der Waals surface area contributed by atoms with Crippen LogP contribution in [0.25, 0.3) is 54.2 Å². The van der Waals surface area contributed by atoms with Crippen LogP contribution in [0.15, 0.2) is 224 Å². The Labute approximate surface area is 378 Å². The molecule has 1 N–H and O–H groups in total. The van der Waals surface area contributed by atoms with E-state index in [0.29, 0.717) is 5.75 Å². The van der Waals surface area contributed by atoms with Gasteiger partial charge in [-0.3, -0.25) is 0 Å². The molecule has 12 rings (SSSR count). The number of ether oxygens (including phenoxy) is 2. The number of benzene rings is 11. The zero-order valence-corrected chi connectivity index (χ0v) is 36.1. The third-order valence-electron chi connectivity index (χ3n) is 13.8. The van der Waals surface area contributed by atoms with Crippen molar-refractivity contribution in [1.82, 2.24) is 0 Å². The van der Waals surface area contributed by atoms with Crippen LogP contribution >= 0.6 is 0 Å². The Morgan fingerprint density at radius 1 is 0.400 bits per heavy atom. The highest BCUT2D eigenvalue weighted by atomic mass is 16.5. The molecule has 11 aromatic carbocycles. The lowest BCUT2D eigenvalue weighted by Gasteiger charge is -2.34. The van der Waals surface area contributed by atoms with Gasteiger partial charge in [0.25, 0.3) is 0 Å². The average molecular weight is 837 g/mol. The van der Waals surface area contributed by atoms with Gasteiger partial charge in [-0.15, -0.1) is 0 Å². The van der Waals surface area contributed by atoms with Gasteiger partial charge in [-0.1, -0.05) is 169 Å². The van der Waals surface area contributed by atoms with Crippen molar-refractivity contribution in [3.05, 3.63) is 269 Å². The molecule has 1 aliphatic carbocycles. The number of hydrogen-bond acceptors (Lipinski definition) is 3. The van der Waals surface area contributed by atoms with Gasteiger partial charge >= 0.3 is 0 Å². The minimum atomic E-state index is -1.38. The topological polar surface area (TPSA) is 38.7 Å². The molecule has 0 spiro atoms. The molecular formula is C62H44O3.